The minimum absolute atomic E-state index is 0.00970. The Kier molecular flexibility index (Phi) is 8.53. The van der Waals surface area contributed by atoms with Crippen LogP contribution in [0.5, 0.6) is 11.5 Å². The van der Waals surface area contributed by atoms with Gasteiger partial charge in [0.2, 0.25) is 15.9 Å². The summed E-state index contributed by atoms with van der Waals surface area (Å²) in [5.41, 5.74) is 0.878. The fourth-order valence-electron chi connectivity index (χ4n) is 4.00. The molecule has 0 radical (unpaired) electrons. The first kappa shape index (κ1) is 24.1. The molecule has 1 saturated carbocycles. The Morgan fingerprint density at radius 3 is 2.25 bits per heavy atom. The molecule has 0 aliphatic heterocycles. The van der Waals surface area contributed by atoms with E-state index in [1.165, 1.54) is 45.3 Å². The van der Waals surface area contributed by atoms with Crippen LogP contribution in [0, 0.1) is 0 Å². The minimum Gasteiger partial charge on any atom is -0.493 e. The number of sulfonamides is 1. The van der Waals surface area contributed by atoms with E-state index in [0.717, 1.165) is 31.2 Å². The molecular weight excluding hydrogens is 428 g/mol. The monoisotopic (exact) mass is 460 g/mol. The summed E-state index contributed by atoms with van der Waals surface area (Å²) in [6.45, 7) is 0. The number of carbonyl (C=O) groups excluding carboxylic acids is 1. The fraction of sp³-hybridized carbons (Fsp3) is 0.458. The maximum atomic E-state index is 13.2. The number of benzene rings is 2. The standard InChI is InChI=1S/C24H32N2O5S/c1-30-22-15-14-20(17-23(22)31-2)32(28,29)26-21(16-18-10-6-5-7-11-18)24(27)25-19-12-8-3-4-9-13-19/h5-7,10-11,14-15,17,19,21,26H,3-4,8-9,12-13,16H2,1-2H3,(H,25,27)/t21-/m1/s1. The molecule has 0 heterocycles. The van der Waals surface area contributed by atoms with Crippen LogP contribution in [0.25, 0.3) is 0 Å². The van der Waals surface area contributed by atoms with Crippen molar-refractivity contribution in [3.05, 3.63) is 54.1 Å². The highest BCUT2D eigenvalue weighted by Gasteiger charge is 2.28. The SMILES string of the molecule is COc1ccc(S(=O)(=O)N[C@H](Cc2ccccc2)C(=O)NC2CCCCCC2)cc1OC. The molecule has 7 nitrogen and oxygen atoms in total. The lowest BCUT2D eigenvalue weighted by Crippen LogP contribution is -2.50. The molecule has 8 heteroatoms. The molecule has 1 atom stereocenters. The predicted octanol–water partition coefficient (Wildman–Crippen LogP) is 3.43. The average molecular weight is 461 g/mol. The number of carbonyl (C=O) groups is 1. The summed E-state index contributed by atoms with van der Waals surface area (Å²) in [7, 11) is -1.05. The summed E-state index contributed by atoms with van der Waals surface area (Å²) in [5, 5.41) is 3.08. The summed E-state index contributed by atoms with van der Waals surface area (Å²) in [5.74, 6) is 0.432. The van der Waals surface area contributed by atoms with E-state index in [2.05, 4.69) is 10.0 Å². The van der Waals surface area contributed by atoms with E-state index in [-0.39, 0.29) is 23.3 Å². The van der Waals surface area contributed by atoms with Gasteiger partial charge in [-0.2, -0.15) is 4.72 Å². The summed E-state index contributed by atoms with van der Waals surface area (Å²) in [6, 6.07) is 12.9. The topological polar surface area (TPSA) is 93.7 Å². The molecule has 0 saturated heterocycles. The second kappa shape index (κ2) is 11.3. The normalized spacial score (nSPS) is 16.1. The van der Waals surface area contributed by atoms with Gasteiger partial charge >= 0.3 is 0 Å². The second-order valence-electron chi connectivity index (χ2n) is 8.08. The number of ether oxygens (including phenoxy) is 2. The maximum absolute atomic E-state index is 13.2. The van der Waals surface area contributed by atoms with Crippen molar-refractivity contribution < 1.29 is 22.7 Å². The number of hydrogen-bond donors (Lipinski definition) is 2. The maximum Gasteiger partial charge on any atom is 0.241 e. The van der Waals surface area contributed by atoms with Gasteiger partial charge in [0.25, 0.3) is 0 Å². The van der Waals surface area contributed by atoms with Gasteiger partial charge in [-0.05, 0) is 37.0 Å². The summed E-state index contributed by atoms with van der Waals surface area (Å²) >= 11 is 0. The van der Waals surface area contributed by atoms with Crippen LogP contribution in [0.2, 0.25) is 0 Å². The van der Waals surface area contributed by atoms with E-state index in [1.54, 1.807) is 0 Å². The molecular formula is C24H32N2O5S. The number of hydrogen-bond acceptors (Lipinski definition) is 5. The van der Waals surface area contributed by atoms with Gasteiger partial charge in [0.05, 0.1) is 19.1 Å². The van der Waals surface area contributed by atoms with E-state index in [4.69, 9.17) is 9.47 Å². The van der Waals surface area contributed by atoms with Crippen LogP contribution in [-0.2, 0) is 21.2 Å². The Morgan fingerprint density at radius 1 is 0.969 bits per heavy atom. The quantitative estimate of drug-likeness (QED) is 0.559. The smallest absolute Gasteiger partial charge is 0.241 e. The molecule has 0 unspecified atom stereocenters. The predicted molar refractivity (Wildman–Crippen MR) is 123 cm³/mol. The number of methoxy groups -OCH3 is 2. The van der Waals surface area contributed by atoms with Gasteiger partial charge in [-0.15, -0.1) is 0 Å². The number of amides is 1. The highest BCUT2D eigenvalue weighted by atomic mass is 32.2. The summed E-state index contributed by atoms with van der Waals surface area (Å²) < 4.78 is 39.4. The molecule has 2 aromatic carbocycles. The highest BCUT2D eigenvalue weighted by Crippen LogP contribution is 2.29. The molecule has 2 aromatic rings. The van der Waals surface area contributed by atoms with E-state index >= 15 is 0 Å². The van der Waals surface area contributed by atoms with E-state index < -0.39 is 16.1 Å². The number of nitrogens with one attached hydrogen (secondary N) is 2. The Bertz CT molecular complexity index is 987. The van der Waals surface area contributed by atoms with Crippen molar-refractivity contribution >= 4 is 15.9 Å². The fourth-order valence-corrected chi connectivity index (χ4v) is 5.21. The van der Waals surface area contributed by atoms with Gasteiger partial charge < -0.3 is 14.8 Å². The summed E-state index contributed by atoms with van der Waals surface area (Å²) in [4.78, 5) is 13.2. The molecule has 1 amide bonds. The van der Waals surface area contributed by atoms with Crippen LogP contribution < -0.4 is 19.5 Å². The first-order valence-electron chi connectivity index (χ1n) is 11.0. The molecule has 32 heavy (non-hydrogen) atoms. The molecule has 1 fully saturated rings. The molecule has 0 spiro atoms. The van der Waals surface area contributed by atoms with Crippen LogP contribution in [0.15, 0.2) is 53.4 Å². The zero-order chi connectivity index (χ0) is 23.0. The average Bonchev–Trinajstić information content (AvgIpc) is 3.07. The Hall–Kier alpha value is -2.58. The van der Waals surface area contributed by atoms with Crippen LogP contribution in [0.3, 0.4) is 0 Å². The second-order valence-corrected chi connectivity index (χ2v) is 9.79. The lowest BCUT2D eigenvalue weighted by Gasteiger charge is -2.23. The van der Waals surface area contributed by atoms with Gasteiger partial charge in [-0.3, -0.25) is 4.79 Å². The van der Waals surface area contributed by atoms with Gasteiger partial charge in [0.15, 0.2) is 11.5 Å². The van der Waals surface area contributed by atoms with Crippen molar-refractivity contribution in [2.45, 2.75) is 61.9 Å². The Labute approximate surface area is 190 Å². The molecule has 1 aliphatic carbocycles. The van der Waals surface area contributed by atoms with Crippen molar-refractivity contribution in [3.8, 4) is 11.5 Å². The largest absolute Gasteiger partial charge is 0.493 e. The molecule has 0 aromatic heterocycles. The molecule has 0 bridgehead atoms. The molecule has 3 rings (SSSR count). The van der Waals surface area contributed by atoms with Crippen LogP contribution in [0.1, 0.15) is 44.1 Å². The van der Waals surface area contributed by atoms with Gasteiger partial charge in [-0.25, -0.2) is 8.42 Å². The van der Waals surface area contributed by atoms with Crippen molar-refractivity contribution in [2.24, 2.45) is 0 Å². The van der Waals surface area contributed by atoms with E-state index in [0.29, 0.717) is 11.5 Å². The van der Waals surface area contributed by atoms with Gasteiger partial charge in [0, 0.05) is 12.1 Å². The van der Waals surface area contributed by atoms with Crippen molar-refractivity contribution in [1.82, 2.24) is 10.0 Å². The molecule has 2 N–H and O–H groups in total. The lowest BCUT2D eigenvalue weighted by molar-refractivity contribution is -0.123. The first-order chi connectivity index (χ1) is 15.4. The lowest BCUT2D eigenvalue weighted by atomic mass is 10.0. The Morgan fingerprint density at radius 2 is 1.62 bits per heavy atom. The summed E-state index contributed by atoms with van der Waals surface area (Å²) in [6.07, 6.45) is 6.60. The van der Waals surface area contributed by atoms with E-state index in [9.17, 15) is 13.2 Å². The van der Waals surface area contributed by atoms with Crippen molar-refractivity contribution in [2.75, 3.05) is 14.2 Å². The third-order valence-corrected chi connectivity index (χ3v) is 7.23. The zero-order valence-corrected chi connectivity index (χ0v) is 19.5. The van der Waals surface area contributed by atoms with Gasteiger partial charge in [0.1, 0.15) is 6.04 Å². The molecule has 174 valence electrons. The van der Waals surface area contributed by atoms with E-state index in [1.807, 2.05) is 30.3 Å². The van der Waals surface area contributed by atoms with Crippen LogP contribution >= 0.6 is 0 Å². The van der Waals surface area contributed by atoms with Crippen LogP contribution in [0.4, 0.5) is 0 Å². The third-order valence-electron chi connectivity index (χ3n) is 5.76. The van der Waals surface area contributed by atoms with Crippen molar-refractivity contribution in [1.29, 1.82) is 0 Å². The zero-order valence-electron chi connectivity index (χ0n) is 18.7. The van der Waals surface area contributed by atoms with Crippen molar-refractivity contribution in [3.63, 3.8) is 0 Å². The highest BCUT2D eigenvalue weighted by molar-refractivity contribution is 7.89. The van der Waals surface area contributed by atoms with Gasteiger partial charge in [-0.1, -0.05) is 56.0 Å². The number of rotatable bonds is 9. The van der Waals surface area contributed by atoms with Crippen LogP contribution in [-0.4, -0.2) is 40.6 Å². The Balaban J connectivity index is 1.82. The first-order valence-corrected chi connectivity index (χ1v) is 12.5. The third kappa shape index (κ3) is 6.46. The minimum atomic E-state index is -3.98. The molecule has 1 aliphatic rings.